The molecule has 1 fully saturated rings. The van der Waals surface area contributed by atoms with Crippen molar-refractivity contribution in [1.29, 1.82) is 0 Å². The zero-order valence-electron chi connectivity index (χ0n) is 9.93. The zero-order valence-corrected chi connectivity index (χ0v) is 10.7. The van der Waals surface area contributed by atoms with Gasteiger partial charge in [0, 0.05) is 0 Å². The molecule has 4 atom stereocenters. The highest BCUT2D eigenvalue weighted by molar-refractivity contribution is 6.31. The van der Waals surface area contributed by atoms with Crippen LogP contribution in [0.4, 0.5) is 0 Å². The Balaban J connectivity index is 2.38. The maximum Gasteiger partial charge on any atom is 0.291 e. The van der Waals surface area contributed by atoms with Crippen LogP contribution in [0.3, 0.4) is 0 Å². The number of hydrogen-bond acceptors (Lipinski definition) is 7. The van der Waals surface area contributed by atoms with Gasteiger partial charge in [-0.2, -0.15) is 9.78 Å². The second-order valence-corrected chi connectivity index (χ2v) is 4.38. The minimum atomic E-state index is -1.40. The lowest BCUT2D eigenvalue weighted by Crippen LogP contribution is -2.36. The summed E-state index contributed by atoms with van der Waals surface area (Å²) in [4.78, 5) is 11.9. The number of hydrogen-bond donors (Lipinski definition) is 3. The minimum absolute atomic E-state index is 0.0923. The molecule has 3 N–H and O–H groups in total. The second-order valence-electron chi connectivity index (χ2n) is 4.01. The van der Waals surface area contributed by atoms with E-state index in [-0.39, 0.29) is 10.8 Å². The normalized spacial score (nSPS) is 30.6. The lowest BCUT2D eigenvalue weighted by atomic mass is 10.1. The number of ether oxygens (including phenoxy) is 2. The molecule has 0 aliphatic carbocycles. The number of halogens is 1. The van der Waals surface area contributed by atoms with Crippen LogP contribution in [-0.2, 0) is 4.74 Å². The monoisotopic (exact) mass is 292 g/mol. The van der Waals surface area contributed by atoms with Crippen LogP contribution in [-0.4, -0.2) is 57.1 Å². The molecule has 0 spiro atoms. The van der Waals surface area contributed by atoms with Crippen molar-refractivity contribution in [3.05, 3.63) is 21.6 Å². The summed E-state index contributed by atoms with van der Waals surface area (Å²) in [6, 6.07) is 0. The van der Waals surface area contributed by atoms with E-state index in [1.54, 1.807) is 0 Å². The van der Waals surface area contributed by atoms with Gasteiger partial charge in [0.15, 0.2) is 17.0 Å². The molecule has 2 heterocycles. The molecule has 1 aromatic heterocycles. The molecule has 0 aromatic carbocycles. The van der Waals surface area contributed by atoms with Crippen LogP contribution in [0, 0.1) is 0 Å². The summed E-state index contributed by atoms with van der Waals surface area (Å²) in [5.41, 5.74) is -0.726. The highest BCUT2D eigenvalue weighted by Crippen LogP contribution is 2.28. The van der Waals surface area contributed by atoms with Gasteiger partial charge in [0.05, 0.1) is 19.9 Å². The van der Waals surface area contributed by atoms with E-state index in [2.05, 4.69) is 5.10 Å². The fourth-order valence-corrected chi connectivity index (χ4v) is 2.05. The molecule has 2 rings (SSSR count). The first-order valence-electron chi connectivity index (χ1n) is 5.45. The van der Waals surface area contributed by atoms with Crippen molar-refractivity contribution < 1.29 is 24.8 Å². The smallest absolute Gasteiger partial charge is 0.291 e. The highest BCUT2D eigenvalue weighted by atomic mass is 35.5. The molecule has 1 aliphatic rings. The van der Waals surface area contributed by atoms with Gasteiger partial charge in [-0.3, -0.25) is 4.79 Å². The van der Waals surface area contributed by atoms with E-state index in [1.807, 2.05) is 0 Å². The Kier molecular flexibility index (Phi) is 4.07. The first kappa shape index (κ1) is 14.2. The molecule has 0 saturated carbocycles. The Labute approximate surface area is 112 Å². The second kappa shape index (κ2) is 5.43. The first-order chi connectivity index (χ1) is 9.01. The fraction of sp³-hybridized carbons (Fsp3) is 0.600. The van der Waals surface area contributed by atoms with Crippen molar-refractivity contribution in [1.82, 2.24) is 9.78 Å². The lowest BCUT2D eigenvalue weighted by molar-refractivity contribution is -0.0610. The Morgan fingerprint density at radius 3 is 2.74 bits per heavy atom. The summed E-state index contributed by atoms with van der Waals surface area (Å²) in [5, 5.41) is 31.9. The molecule has 0 bridgehead atoms. The molecule has 1 aliphatic heterocycles. The van der Waals surface area contributed by atoms with E-state index in [0.717, 1.165) is 4.68 Å². The Morgan fingerprint density at radius 1 is 1.53 bits per heavy atom. The third kappa shape index (κ3) is 2.33. The molecule has 1 aromatic rings. The summed E-state index contributed by atoms with van der Waals surface area (Å²) in [7, 11) is 1.33. The number of methoxy groups -OCH3 is 1. The van der Waals surface area contributed by atoms with Crippen LogP contribution in [0.25, 0.3) is 0 Å². The van der Waals surface area contributed by atoms with E-state index >= 15 is 0 Å². The van der Waals surface area contributed by atoms with E-state index in [4.69, 9.17) is 26.2 Å². The molecule has 0 unspecified atom stereocenters. The molecule has 1 saturated heterocycles. The molecule has 9 heteroatoms. The minimum Gasteiger partial charge on any atom is -0.493 e. The van der Waals surface area contributed by atoms with Gasteiger partial charge in [-0.1, -0.05) is 11.6 Å². The van der Waals surface area contributed by atoms with Crippen LogP contribution in [0.1, 0.15) is 6.23 Å². The maximum atomic E-state index is 11.9. The van der Waals surface area contributed by atoms with E-state index < -0.39 is 36.7 Å². The topological polar surface area (TPSA) is 114 Å². The molecular weight excluding hydrogens is 280 g/mol. The number of aromatic nitrogens is 2. The third-order valence-electron chi connectivity index (χ3n) is 2.89. The molecule has 0 radical (unpaired) electrons. The van der Waals surface area contributed by atoms with Gasteiger partial charge in [0.1, 0.15) is 18.3 Å². The van der Waals surface area contributed by atoms with Crippen LogP contribution < -0.4 is 10.3 Å². The van der Waals surface area contributed by atoms with Gasteiger partial charge >= 0.3 is 0 Å². The van der Waals surface area contributed by atoms with Crippen molar-refractivity contribution in [3.63, 3.8) is 0 Å². The van der Waals surface area contributed by atoms with Crippen molar-refractivity contribution in [2.45, 2.75) is 24.5 Å². The number of aliphatic hydroxyl groups is 3. The Morgan fingerprint density at radius 2 is 2.21 bits per heavy atom. The van der Waals surface area contributed by atoms with Crippen molar-refractivity contribution in [2.75, 3.05) is 13.7 Å². The number of rotatable bonds is 3. The predicted octanol–water partition coefficient (Wildman–Crippen LogP) is -1.48. The van der Waals surface area contributed by atoms with Gasteiger partial charge in [-0.05, 0) is 0 Å². The molecule has 106 valence electrons. The first-order valence-corrected chi connectivity index (χ1v) is 5.82. The van der Waals surface area contributed by atoms with Crippen molar-refractivity contribution in [2.24, 2.45) is 0 Å². The molecule has 8 nitrogen and oxygen atoms in total. The van der Waals surface area contributed by atoms with Crippen molar-refractivity contribution in [3.8, 4) is 5.75 Å². The lowest BCUT2D eigenvalue weighted by Gasteiger charge is -2.16. The van der Waals surface area contributed by atoms with Crippen LogP contribution in [0.15, 0.2) is 11.0 Å². The Hall–Kier alpha value is -1.19. The molecule has 0 amide bonds. The van der Waals surface area contributed by atoms with Gasteiger partial charge in [-0.15, -0.1) is 0 Å². The van der Waals surface area contributed by atoms with Crippen LogP contribution in [0.2, 0.25) is 5.02 Å². The summed E-state index contributed by atoms with van der Waals surface area (Å²) in [5.74, 6) is 0.0923. The molecular formula is C10H13ClN2O6. The van der Waals surface area contributed by atoms with Crippen LogP contribution >= 0.6 is 11.6 Å². The van der Waals surface area contributed by atoms with Gasteiger partial charge in [0.2, 0.25) is 0 Å². The SMILES string of the molecule is COc1cnn([C@@H]2O[C@H](CO)[C@@H](O)[C@H]2O)c(=O)c1Cl. The summed E-state index contributed by atoms with van der Waals surface area (Å²) < 4.78 is 10.8. The van der Waals surface area contributed by atoms with Gasteiger partial charge < -0.3 is 24.8 Å². The average molecular weight is 293 g/mol. The van der Waals surface area contributed by atoms with Gasteiger partial charge in [-0.25, -0.2) is 0 Å². The van der Waals surface area contributed by atoms with E-state index in [1.165, 1.54) is 13.3 Å². The quantitative estimate of drug-likeness (QED) is 0.622. The predicted molar refractivity (Wildman–Crippen MR) is 63.1 cm³/mol. The largest absolute Gasteiger partial charge is 0.493 e. The average Bonchev–Trinajstić information content (AvgIpc) is 2.69. The fourth-order valence-electron chi connectivity index (χ4n) is 1.84. The summed E-state index contributed by atoms with van der Waals surface area (Å²) >= 11 is 5.78. The van der Waals surface area contributed by atoms with Crippen molar-refractivity contribution >= 4 is 11.6 Å². The third-order valence-corrected chi connectivity index (χ3v) is 3.24. The summed E-state index contributed by atoms with van der Waals surface area (Å²) in [6.45, 7) is -0.493. The number of nitrogens with zero attached hydrogens (tertiary/aromatic N) is 2. The van der Waals surface area contributed by atoms with Gasteiger partial charge in [0.25, 0.3) is 5.56 Å². The molecule has 19 heavy (non-hydrogen) atoms. The zero-order chi connectivity index (χ0) is 14.2. The van der Waals surface area contributed by atoms with E-state index in [0.29, 0.717) is 0 Å². The highest BCUT2D eigenvalue weighted by Gasteiger charge is 2.44. The summed E-state index contributed by atoms with van der Waals surface area (Å²) in [6.07, 6.45) is -3.73. The number of aliphatic hydroxyl groups excluding tert-OH is 3. The Bertz CT molecular complexity index is 521. The van der Waals surface area contributed by atoms with E-state index in [9.17, 15) is 15.0 Å². The van der Waals surface area contributed by atoms with Crippen LogP contribution in [0.5, 0.6) is 5.75 Å². The maximum absolute atomic E-state index is 11.9. The standard InChI is InChI=1S/C10H13ClN2O6/c1-18-4-2-12-13(9(17)6(4)11)10-8(16)7(15)5(3-14)19-10/h2,5,7-8,10,14-16H,3H2,1H3/t5-,7-,8-,10-/m1/s1.